The molecule has 0 aliphatic heterocycles. The summed E-state index contributed by atoms with van der Waals surface area (Å²) in [5.41, 5.74) is -0.530. The zero-order chi connectivity index (χ0) is 18.2. The highest BCUT2D eigenvalue weighted by Gasteiger charge is 2.26. The summed E-state index contributed by atoms with van der Waals surface area (Å²) in [6, 6.07) is 7.24. The molecule has 0 aromatic heterocycles. The van der Waals surface area contributed by atoms with Crippen LogP contribution < -0.4 is 20.7 Å². The van der Waals surface area contributed by atoms with Gasteiger partial charge in [0.1, 0.15) is 11.9 Å². The van der Waals surface area contributed by atoms with Crippen LogP contribution in [0.4, 0.5) is 0 Å². The molecule has 0 saturated carbocycles. The smallest absolute Gasteiger partial charge is 0.227 e. The lowest BCUT2D eigenvalue weighted by atomic mass is 9.92. The van der Waals surface area contributed by atoms with Gasteiger partial charge in [-0.15, -0.1) is 24.0 Å². The molecule has 0 aliphatic carbocycles. The molecule has 0 fully saturated rings. The molecule has 1 unspecified atom stereocenters. The molecule has 0 aliphatic rings. The Labute approximate surface area is 172 Å². The number of nitrogens with one attached hydrogen (secondary N) is 3. The van der Waals surface area contributed by atoms with Crippen molar-refractivity contribution in [2.45, 2.75) is 26.9 Å². The third kappa shape index (κ3) is 8.62. The SMILES string of the molecule is CN=C(NCC(C)Oc1ccc(Cl)cc1)NCC(C)(C)C(=O)NC.I. The summed E-state index contributed by atoms with van der Waals surface area (Å²) >= 11 is 5.85. The van der Waals surface area contributed by atoms with Gasteiger partial charge in [0, 0.05) is 25.7 Å². The van der Waals surface area contributed by atoms with Crippen molar-refractivity contribution in [1.82, 2.24) is 16.0 Å². The summed E-state index contributed by atoms with van der Waals surface area (Å²) in [7, 11) is 3.32. The standard InChI is InChI=1S/C17H27ClN4O2.HI/c1-12(24-14-8-6-13(18)7-9-14)10-21-16(20-5)22-11-17(2,3)15(23)19-4;/h6-9,12H,10-11H2,1-5H3,(H,19,23)(H2,20,21,22);1H. The van der Waals surface area contributed by atoms with Crippen LogP contribution in [0.2, 0.25) is 5.02 Å². The van der Waals surface area contributed by atoms with E-state index in [0.29, 0.717) is 24.1 Å². The van der Waals surface area contributed by atoms with Crippen LogP contribution in [0.5, 0.6) is 5.75 Å². The largest absolute Gasteiger partial charge is 0.489 e. The first-order valence-electron chi connectivity index (χ1n) is 7.87. The summed E-state index contributed by atoms with van der Waals surface area (Å²) in [5, 5.41) is 9.68. The van der Waals surface area contributed by atoms with Gasteiger partial charge in [-0.1, -0.05) is 11.6 Å². The number of rotatable bonds is 7. The second kappa shape index (κ2) is 11.4. The summed E-state index contributed by atoms with van der Waals surface area (Å²) in [4.78, 5) is 15.9. The lowest BCUT2D eigenvalue weighted by Gasteiger charge is -2.24. The van der Waals surface area contributed by atoms with Crippen LogP contribution in [-0.2, 0) is 4.79 Å². The van der Waals surface area contributed by atoms with E-state index < -0.39 is 5.41 Å². The number of carbonyl (C=O) groups is 1. The molecule has 1 aromatic carbocycles. The topological polar surface area (TPSA) is 74.8 Å². The lowest BCUT2D eigenvalue weighted by Crippen LogP contribution is -2.48. The summed E-state index contributed by atoms with van der Waals surface area (Å²) in [6.07, 6.45) is -0.0586. The molecular weight excluding hydrogens is 455 g/mol. The Bertz CT molecular complexity index is 564. The zero-order valence-electron chi connectivity index (χ0n) is 15.4. The van der Waals surface area contributed by atoms with Crippen molar-refractivity contribution in [3.8, 4) is 5.75 Å². The number of carbonyl (C=O) groups excluding carboxylic acids is 1. The maximum absolute atomic E-state index is 11.8. The van der Waals surface area contributed by atoms with Crippen molar-refractivity contribution in [2.75, 3.05) is 27.2 Å². The molecule has 0 bridgehead atoms. The van der Waals surface area contributed by atoms with Gasteiger partial charge in [0.2, 0.25) is 5.91 Å². The second-order valence-corrected chi connectivity index (χ2v) is 6.59. The van der Waals surface area contributed by atoms with Crippen molar-refractivity contribution in [3.63, 3.8) is 0 Å². The molecule has 25 heavy (non-hydrogen) atoms. The van der Waals surface area contributed by atoms with Crippen LogP contribution in [0.15, 0.2) is 29.3 Å². The Hall–Kier alpha value is -1.22. The van der Waals surface area contributed by atoms with Gasteiger partial charge in [-0.3, -0.25) is 9.79 Å². The molecule has 8 heteroatoms. The molecule has 3 N–H and O–H groups in total. The number of guanidine groups is 1. The van der Waals surface area contributed by atoms with E-state index in [1.165, 1.54) is 0 Å². The molecule has 1 amide bonds. The monoisotopic (exact) mass is 482 g/mol. The van der Waals surface area contributed by atoms with E-state index in [-0.39, 0.29) is 36.0 Å². The van der Waals surface area contributed by atoms with Gasteiger partial charge in [0.05, 0.1) is 12.0 Å². The van der Waals surface area contributed by atoms with Crippen LogP contribution in [0.25, 0.3) is 0 Å². The predicted molar refractivity (Wildman–Crippen MR) is 114 cm³/mol. The number of nitrogens with zero attached hydrogens (tertiary/aromatic N) is 1. The number of amides is 1. The van der Waals surface area contributed by atoms with Gasteiger partial charge in [0.25, 0.3) is 0 Å². The summed E-state index contributed by atoms with van der Waals surface area (Å²) < 4.78 is 5.80. The molecule has 0 radical (unpaired) electrons. The fourth-order valence-corrected chi connectivity index (χ4v) is 2.10. The number of benzene rings is 1. The molecular formula is C17H28ClIN4O2. The highest BCUT2D eigenvalue weighted by molar-refractivity contribution is 14.0. The van der Waals surface area contributed by atoms with E-state index in [9.17, 15) is 4.79 Å². The van der Waals surface area contributed by atoms with E-state index in [4.69, 9.17) is 16.3 Å². The molecule has 0 heterocycles. The molecule has 142 valence electrons. The Balaban J connectivity index is 0.00000576. The number of aliphatic imine (C=N–C) groups is 1. The molecule has 1 rings (SSSR count). The maximum atomic E-state index is 11.8. The first-order chi connectivity index (χ1) is 11.3. The maximum Gasteiger partial charge on any atom is 0.227 e. The molecule has 6 nitrogen and oxygen atoms in total. The van der Waals surface area contributed by atoms with Crippen LogP contribution in [0.1, 0.15) is 20.8 Å². The average Bonchev–Trinajstić information content (AvgIpc) is 2.56. The van der Waals surface area contributed by atoms with Crippen LogP contribution in [-0.4, -0.2) is 45.2 Å². The van der Waals surface area contributed by atoms with E-state index in [2.05, 4.69) is 20.9 Å². The zero-order valence-corrected chi connectivity index (χ0v) is 18.4. The fourth-order valence-electron chi connectivity index (χ4n) is 1.97. The normalized spacial score (nSPS) is 12.6. The van der Waals surface area contributed by atoms with Crippen molar-refractivity contribution in [2.24, 2.45) is 10.4 Å². The van der Waals surface area contributed by atoms with Crippen molar-refractivity contribution < 1.29 is 9.53 Å². The highest BCUT2D eigenvalue weighted by Crippen LogP contribution is 2.16. The Morgan fingerprint density at radius 1 is 1.28 bits per heavy atom. The van der Waals surface area contributed by atoms with E-state index in [0.717, 1.165) is 5.75 Å². The second-order valence-electron chi connectivity index (χ2n) is 6.15. The first kappa shape index (κ1) is 23.8. The third-order valence-electron chi connectivity index (χ3n) is 3.47. The molecule has 1 aromatic rings. The van der Waals surface area contributed by atoms with Gasteiger partial charge >= 0.3 is 0 Å². The van der Waals surface area contributed by atoms with Gasteiger partial charge in [-0.05, 0) is 45.0 Å². The molecule has 0 saturated heterocycles. The van der Waals surface area contributed by atoms with Crippen molar-refractivity contribution in [1.29, 1.82) is 0 Å². The Kier molecular flexibility index (Phi) is 10.8. The lowest BCUT2D eigenvalue weighted by molar-refractivity contribution is -0.128. The third-order valence-corrected chi connectivity index (χ3v) is 3.72. The molecule has 1 atom stereocenters. The summed E-state index contributed by atoms with van der Waals surface area (Å²) in [6.45, 7) is 6.75. The van der Waals surface area contributed by atoms with Crippen molar-refractivity contribution >= 4 is 47.4 Å². The Morgan fingerprint density at radius 3 is 2.40 bits per heavy atom. The van der Waals surface area contributed by atoms with E-state index in [1.807, 2.05) is 32.9 Å². The first-order valence-corrected chi connectivity index (χ1v) is 8.25. The van der Waals surface area contributed by atoms with Crippen molar-refractivity contribution in [3.05, 3.63) is 29.3 Å². The average molecular weight is 483 g/mol. The van der Waals surface area contributed by atoms with Crippen LogP contribution in [0, 0.1) is 5.41 Å². The van der Waals surface area contributed by atoms with Gasteiger partial charge in [-0.2, -0.15) is 0 Å². The number of halogens is 2. The van der Waals surface area contributed by atoms with Gasteiger partial charge < -0.3 is 20.7 Å². The van der Waals surface area contributed by atoms with E-state index >= 15 is 0 Å². The Morgan fingerprint density at radius 2 is 1.88 bits per heavy atom. The minimum absolute atomic E-state index is 0. The quantitative estimate of drug-likeness (QED) is 0.317. The van der Waals surface area contributed by atoms with E-state index in [1.54, 1.807) is 26.2 Å². The predicted octanol–water partition coefficient (Wildman–Crippen LogP) is 2.66. The highest BCUT2D eigenvalue weighted by atomic mass is 127. The minimum atomic E-state index is -0.530. The van der Waals surface area contributed by atoms with Gasteiger partial charge in [-0.25, -0.2) is 0 Å². The summed E-state index contributed by atoms with van der Waals surface area (Å²) in [5.74, 6) is 1.36. The van der Waals surface area contributed by atoms with Crippen LogP contribution in [0.3, 0.4) is 0 Å². The minimum Gasteiger partial charge on any atom is -0.489 e. The fraction of sp³-hybridized carbons (Fsp3) is 0.529. The number of hydrogen-bond donors (Lipinski definition) is 3. The number of hydrogen-bond acceptors (Lipinski definition) is 3. The molecule has 0 spiro atoms. The number of ether oxygens (including phenoxy) is 1. The van der Waals surface area contributed by atoms with Gasteiger partial charge in [0.15, 0.2) is 5.96 Å². The van der Waals surface area contributed by atoms with Crippen LogP contribution >= 0.6 is 35.6 Å².